The second-order valence-electron chi connectivity index (χ2n) is 6.03. The summed E-state index contributed by atoms with van der Waals surface area (Å²) in [7, 11) is 3.84. The Morgan fingerprint density at radius 3 is 2.81 bits per heavy atom. The van der Waals surface area contributed by atoms with Crippen molar-refractivity contribution in [3.05, 3.63) is 0 Å². The molecule has 2 fully saturated rings. The van der Waals surface area contributed by atoms with E-state index >= 15 is 0 Å². The van der Waals surface area contributed by atoms with E-state index in [9.17, 15) is 4.79 Å². The van der Waals surface area contributed by atoms with Crippen LogP contribution in [0.15, 0.2) is 4.99 Å². The van der Waals surface area contributed by atoms with Crippen molar-refractivity contribution in [1.82, 2.24) is 15.5 Å². The summed E-state index contributed by atoms with van der Waals surface area (Å²) < 4.78 is 5.40. The zero-order chi connectivity index (χ0) is 15.1. The van der Waals surface area contributed by atoms with Gasteiger partial charge in [0, 0.05) is 52.2 Å². The Kier molecular flexibility index (Phi) is 6.29. The molecule has 0 aromatic heterocycles. The SMILES string of the molecule is CN=C(NCCCC(=O)NC1CC1)N(C)CC1CCOC1. The molecule has 21 heavy (non-hydrogen) atoms. The minimum absolute atomic E-state index is 0.172. The van der Waals surface area contributed by atoms with E-state index in [1.165, 1.54) is 0 Å². The number of amides is 1. The lowest BCUT2D eigenvalue weighted by Crippen LogP contribution is -2.42. The number of carbonyl (C=O) groups is 1. The topological polar surface area (TPSA) is 66.0 Å². The number of rotatable bonds is 7. The van der Waals surface area contributed by atoms with Crippen LogP contribution in [-0.4, -0.2) is 63.2 Å². The van der Waals surface area contributed by atoms with E-state index in [1.807, 2.05) is 7.05 Å². The van der Waals surface area contributed by atoms with Crippen LogP contribution in [0.2, 0.25) is 0 Å². The van der Waals surface area contributed by atoms with E-state index in [0.29, 0.717) is 18.4 Å². The number of nitrogens with one attached hydrogen (secondary N) is 2. The standard InChI is InChI=1S/C15H28N4O2/c1-16-15(19(2)10-12-7-9-21-11-12)17-8-3-4-14(20)18-13-5-6-13/h12-13H,3-11H2,1-2H3,(H,16,17)(H,18,20). The molecule has 1 heterocycles. The normalized spacial score (nSPS) is 22.2. The number of hydrogen-bond donors (Lipinski definition) is 2. The molecule has 0 bridgehead atoms. The molecule has 1 unspecified atom stereocenters. The summed E-state index contributed by atoms with van der Waals surface area (Å²) in [6.45, 7) is 3.46. The van der Waals surface area contributed by atoms with Crippen molar-refractivity contribution in [2.45, 2.75) is 38.1 Å². The molecule has 2 aliphatic rings. The van der Waals surface area contributed by atoms with Crippen LogP contribution in [0.3, 0.4) is 0 Å². The van der Waals surface area contributed by atoms with Crippen LogP contribution in [0, 0.1) is 5.92 Å². The number of guanidine groups is 1. The van der Waals surface area contributed by atoms with E-state index in [1.54, 1.807) is 7.05 Å². The average molecular weight is 296 g/mol. The number of carbonyl (C=O) groups excluding carboxylic acids is 1. The van der Waals surface area contributed by atoms with Crippen LogP contribution in [0.5, 0.6) is 0 Å². The number of ether oxygens (including phenoxy) is 1. The van der Waals surface area contributed by atoms with E-state index in [2.05, 4.69) is 20.5 Å². The Morgan fingerprint density at radius 1 is 1.38 bits per heavy atom. The van der Waals surface area contributed by atoms with Gasteiger partial charge in [-0.05, 0) is 25.7 Å². The molecule has 0 aromatic rings. The Bertz CT molecular complexity index is 363. The first kappa shape index (κ1) is 16.1. The predicted octanol–water partition coefficient (Wildman–Crippen LogP) is 0.589. The molecule has 1 saturated carbocycles. The van der Waals surface area contributed by atoms with Crippen molar-refractivity contribution < 1.29 is 9.53 Å². The minimum atomic E-state index is 0.172. The minimum Gasteiger partial charge on any atom is -0.381 e. The van der Waals surface area contributed by atoms with E-state index < -0.39 is 0 Å². The Morgan fingerprint density at radius 2 is 2.19 bits per heavy atom. The molecule has 0 spiro atoms. The van der Waals surface area contributed by atoms with Gasteiger partial charge in [-0.2, -0.15) is 0 Å². The highest BCUT2D eigenvalue weighted by molar-refractivity contribution is 5.80. The van der Waals surface area contributed by atoms with Gasteiger partial charge in [-0.3, -0.25) is 9.79 Å². The van der Waals surface area contributed by atoms with Gasteiger partial charge in [-0.25, -0.2) is 0 Å². The van der Waals surface area contributed by atoms with Gasteiger partial charge in [0.2, 0.25) is 5.91 Å². The molecule has 1 saturated heterocycles. The Labute approximate surface area is 127 Å². The molecule has 1 aliphatic carbocycles. The second-order valence-corrected chi connectivity index (χ2v) is 6.03. The molecule has 0 radical (unpaired) electrons. The summed E-state index contributed by atoms with van der Waals surface area (Å²) in [6.07, 6.45) is 4.83. The summed E-state index contributed by atoms with van der Waals surface area (Å²) in [6, 6.07) is 0.456. The Hall–Kier alpha value is -1.30. The summed E-state index contributed by atoms with van der Waals surface area (Å²) in [5.74, 6) is 1.66. The zero-order valence-electron chi connectivity index (χ0n) is 13.2. The predicted molar refractivity (Wildman–Crippen MR) is 83.3 cm³/mol. The summed E-state index contributed by atoms with van der Waals surface area (Å²) in [5, 5.41) is 6.33. The summed E-state index contributed by atoms with van der Waals surface area (Å²) >= 11 is 0. The number of hydrogen-bond acceptors (Lipinski definition) is 3. The van der Waals surface area contributed by atoms with Crippen LogP contribution >= 0.6 is 0 Å². The molecular formula is C15H28N4O2. The molecule has 6 nitrogen and oxygen atoms in total. The lowest BCUT2D eigenvalue weighted by molar-refractivity contribution is -0.121. The van der Waals surface area contributed by atoms with Crippen LogP contribution in [0.1, 0.15) is 32.1 Å². The first-order valence-corrected chi connectivity index (χ1v) is 7.98. The highest BCUT2D eigenvalue weighted by Gasteiger charge is 2.22. The van der Waals surface area contributed by atoms with Crippen LogP contribution in [-0.2, 0) is 9.53 Å². The molecule has 1 amide bonds. The molecule has 1 aliphatic heterocycles. The van der Waals surface area contributed by atoms with Gasteiger partial charge in [0.05, 0.1) is 6.61 Å². The van der Waals surface area contributed by atoms with Gasteiger partial charge >= 0.3 is 0 Å². The third-order valence-corrected chi connectivity index (χ3v) is 3.94. The van der Waals surface area contributed by atoms with Crippen molar-refractivity contribution in [3.63, 3.8) is 0 Å². The van der Waals surface area contributed by atoms with Crippen molar-refractivity contribution in [2.75, 3.05) is 40.4 Å². The van der Waals surface area contributed by atoms with E-state index in [-0.39, 0.29) is 5.91 Å². The molecule has 6 heteroatoms. The largest absolute Gasteiger partial charge is 0.381 e. The van der Waals surface area contributed by atoms with Gasteiger partial charge in [0.25, 0.3) is 0 Å². The second kappa shape index (κ2) is 8.22. The number of aliphatic imine (C=N–C) groups is 1. The van der Waals surface area contributed by atoms with Gasteiger partial charge in [-0.15, -0.1) is 0 Å². The Balaban J connectivity index is 1.58. The maximum atomic E-state index is 11.6. The lowest BCUT2D eigenvalue weighted by atomic mass is 10.1. The van der Waals surface area contributed by atoms with Crippen molar-refractivity contribution in [3.8, 4) is 0 Å². The van der Waals surface area contributed by atoms with E-state index in [4.69, 9.17) is 4.74 Å². The van der Waals surface area contributed by atoms with Gasteiger partial charge in [0.15, 0.2) is 5.96 Å². The van der Waals surface area contributed by atoms with Gasteiger partial charge < -0.3 is 20.3 Å². The first-order valence-electron chi connectivity index (χ1n) is 7.98. The van der Waals surface area contributed by atoms with Crippen LogP contribution in [0.25, 0.3) is 0 Å². The number of nitrogens with zero attached hydrogens (tertiary/aromatic N) is 2. The lowest BCUT2D eigenvalue weighted by Gasteiger charge is -2.24. The van der Waals surface area contributed by atoms with E-state index in [0.717, 1.165) is 57.9 Å². The third-order valence-electron chi connectivity index (χ3n) is 3.94. The fourth-order valence-electron chi connectivity index (χ4n) is 2.56. The quantitative estimate of drug-likeness (QED) is 0.410. The summed E-state index contributed by atoms with van der Waals surface area (Å²) in [5.41, 5.74) is 0. The molecule has 0 aromatic carbocycles. The fraction of sp³-hybridized carbons (Fsp3) is 0.867. The van der Waals surface area contributed by atoms with Crippen LogP contribution < -0.4 is 10.6 Å². The molecule has 2 rings (SSSR count). The van der Waals surface area contributed by atoms with Crippen molar-refractivity contribution >= 4 is 11.9 Å². The van der Waals surface area contributed by atoms with Crippen molar-refractivity contribution in [2.24, 2.45) is 10.9 Å². The highest BCUT2D eigenvalue weighted by atomic mass is 16.5. The molecular weight excluding hydrogens is 268 g/mol. The fourth-order valence-corrected chi connectivity index (χ4v) is 2.56. The zero-order valence-corrected chi connectivity index (χ0v) is 13.2. The first-order chi connectivity index (χ1) is 10.2. The molecule has 2 N–H and O–H groups in total. The molecule has 120 valence electrons. The van der Waals surface area contributed by atoms with Gasteiger partial charge in [-0.1, -0.05) is 0 Å². The van der Waals surface area contributed by atoms with Gasteiger partial charge in [0.1, 0.15) is 0 Å². The third kappa shape index (κ3) is 5.91. The average Bonchev–Trinajstić information content (AvgIpc) is 3.12. The monoisotopic (exact) mass is 296 g/mol. The maximum absolute atomic E-state index is 11.6. The smallest absolute Gasteiger partial charge is 0.220 e. The molecule has 1 atom stereocenters. The maximum Gasteiger partial charge on any atom is 0.220 e. The highest BCUT2D eigenvalue weighted by Crippen LogP contribution is 2.18. The van der Waals surface area contributed by atoms with Crippen molar-refractivity contribution in [1.29, 1.82) is 0 Å². The summed E-state index contributed by atoms with van der Waals surface area (Å²) in [4.78, 5) is 18.0. The van der Waals surface area contributed by atoms with Crippen LogP contribution in [0.4, 0.5) is 0 Å².